The first-order valence-electron chi connectivity index (χ1n) is 11.9. The lowest BCUT2D eigenvalue weighted by atomic mass is 9.89. The number of hydrogen-bond donors (Lipinski definition) is 2. The Bertz CT molecular complexity index is 1310. The highest BCUT2D eigenvalue weighted by Crippen LogP contribution is 2.31. The fourth-order valence-corrected chi connectivity index (χ4v) is 4.88. The number of benzene rings is 2. The third-order valence-corrected chi connectivity index (χ3v) is 6.77. The minimum Gasteiger partial charge on any atom is -0.368 e. The molecule has 2 saturated heterocycles. The molecule has 1 atom stereocenters. The summed E-state index contributed by atoms with van der Waals surface area (Å²) in [4.78, 5) is 41.0. The highest BCUT2D eigenvalue weighted by Gasteiger charge is 2.35. The van der Waals surface area contributed by atoms with Gasteiger partial charge in [-0.2, -0.15) is 10.2 Å². The van der Waals surface area contributed by atoms with Crippen molar-refractivity contribution in [3.05, 3.63) is 66.0 Å². The molecule has 1 aromatic heterocycles. The zero-order chi connectivity index (χ0) is 25.1. The number of primary amides is 1. The maximum atomic E-state index is 12.4. The molecule has 0 radical (unpaired) electrons. The highest BCUT2D eigenvalue weighted by molar-refractivity contribution is 6.03. The molecule has 2 aliphatic heterocycles. The van der Waals surface area contributed by atoms with Crippen LogP contribution in [-0.2, 0) is 9.59 Å². The minimum absolute atomic E-state index is 0.122. The van der Waals surface area contributed by atoms with Crippen molar-refractivity contribution in [2.24, 2.45) is 5.73 Å². The summed E-state index contributed by atoms with van der Waals surface area (Å²) in [6, 6.07) is 16.6. The Hall–Kier alpha value is -4.52. The van der Waals surface area contributed by atoms with Crippen molar-refractivity contribution in [2.45, 2.75) is 37.6 Å². The third-order valence-electron chi connectivity index (χ3n) is 6.77. The van der Waals surface area contributed by atoms with Crippen LogP contribution in [0.5, 0.6) is 0 Å². The van der Waals surface area contributed by atoms with Crippen LogP contribution in [0.25, 0.3) is 0 Å². The van der Waals surface area contributed by atoms with Gasteiger partial charge >= 0.3 is 0 Å². The Morgan fingerprint density at radius 3 is 2.58 bits per heavy atom. The van der Waals surface area contributed by atoms with Crippen molar-refractivity contribution in [3.8, 4) is 6.07 Å². The van der Waals surface area contributed by atoms with Gasteiger partial charge in [0.2, 0.25) is 23.7 Å². The number of aromatic nitrogens is 3. The van der Waals surface area contributed by atoms with Gasteiger partial charge in [0.25, 0.3) is 0 Å². The van der Waals surface area contributed by atoms with Gasteiger partial charge in [0.05, 0.1) is 11.6 Å². The van der Waals surface area contributed by atoms with Crippen LogP contribution >= 0.6 is 0 Å². The van der Waals surface area contributed by atoms with Gasteiger partial charge in [-0.15, -0.1) is 0 Å². The number of carbonyl (C=O) groups excluding carboxylic acids is 2. The van der Waals surface area contributed by atoms with Gasteiger partial charge in [0.1, 0.15) is 12.4 Å². The largest absolute Gasteiger partial charge is 0.368 e. The zero-order valence-electron chi connectivity index (χ0n) is 19.7. The summed E-state index contributed by atoms with van der Waals surface area (Å²) in [6.07, 6.45) is 4.13. The molecule has 3 N–H and O–H groups in total. The van der Waals surface area contributed by atoms with Gasteiger partial charge in [0.15, 0.2) is 0 Å². The SMILES string of the molecule is N#Cc1ccc(C2CCN(c3ncnc(Nc4cccc(N5C(=O)CC[C@@H]5C(N)=O)c4)n3)CC2)cc1. The summed E-state index contributed by atoms with van der Waals surface area (Å²) in [5, 5.41) is 12.2. The van der Waals surface area contributed by atoms with E-state index in [-0.39, 0.29) is 5.91 Å². The topological polar surface area (TPSA) is 141 Å². The number of nitrogens with two attached hydrogens (primary N) is 1. The fourth-order valence-electron chi connectivity index (χ4n) is 4.88. The molecule has 182 valence electrons. The molecule has 0 aliphatic carbocycles. The normalized spacial score (nSPS) is 18.2. The predicted octanol–water partition coefficient (Wildman–Crippen LogP) is 2.85. The average molecular weight is 483 g/mol. The first-order chi connectivity index (χ1) is 17.5. The maximum Gasteiger partial charge on any atom is 0.240 e. The molecule has 3 aromatic rings. The first-order valence-corrected chi connectivity index (χ1v) is 11.9. The van der Waals surface area contributed by atoms with E-state index in [9.17, 15) is 9.59 Å². The Balaban J connectivity index is 1.25. The van der Waals surface area contributed by atoms with Crippen molar-refractivity contribution in [1.29, 1.82) is 5.26 Å². The van der Waals surface area contributed by atoms with E-state index in [0.29, 0.717) is 47.6 Å². The Labute approximate surface area is 208 Å². The number of amides is 2. The van der Waals surface area contributed by atoms with E-state index >= 15 is 0 Å². The van der Waals surface area contributed by atoms with E-state index in [1.165, 1.54) is 16.8 Å². The second-order valence-electron chi connectivity index (χ2n) is 9.00. The fraction of sp³-hybridized carbons (Fsp3) is 0.308. The van der Waals surface area contributed by atoms with Crippen LogP contribution in [0, 0.1) is 11.3 Å². The number of rotatable bonds is 6. The van der Waals surface area contributed by atoms with E-state index in [1.807, 2.05) is 30.3 Å². The highest BCUT2D eigenvalue weighted by atomic mass is 16.2. The molecule has 3 heterocycles. The molecule has 0 unspecified atom stereocenters. The third kappa shape index (κ3) is 4.81. The lowest BCUT2D eigenvalue weighted by Gasteiger charge is -2.32. The van der Waals surface area contributed by atoms with Crippen LogP contribution in [-0.4, -0.2) is 45.9 Å². The molecule has 10 nitrogen and oxygen atoms in total. The van der Waals surface area contributed by atoms with Crippen molar-refractivity contribution in [2.75, 3.05) is 28.2 Å². The molecule has 36 heavy (non-hydrogen) atoms. The van der Waals surface area contributed by atoms with Crippen LogP contribution in [0.15, 0.2) is 54.9 Å². The Morgan fingerprint density at radius 2 is 1.86 bits per heavy atom. The van der Waals surface area contributed by atoms with Crippen LogP contribution in [0.2, 0.25) is 0 Å². The molecular weight excluding hydrogens is 456 g/mol. The molecular formula is C26H26N8O2. The predicted molar refractivity (Wildman–Crippen MR) is 135 cm³/mol. The number of carbonyl (C=O) groups is 2. The molecule has 5 rings (SSSR count). The number of nitrogens with one attached hydrogen (secondary N) is 1. The van der Waals surface area contributed by atoms with E-state index in [4.69, 9.17) is 11.0 Å². The van der Waals surface area contributed by atoms with Gasteiger partial charge in [-0.1, -0.05) is 18.2 Å². The van der Waals surface area contributed by atoms with Gasteiger partial charge in [-0.3, -0.25) is 14.5 Å². The summed E-state index contributed by atoms with van der Waals surface area (Å²) in [6.45, 7) is 1.63. The van der Waals surface area contributed by atoms with Gasteiger partial charge in [-0.25, -0.2) is 9.97 Å². The molecule has 0 bridgehead atoms. The Kier molecular flexibility index (Phi) is 6.45. The monoisotopic (exact) mass is 482 g/mol. The number of nitrogens with zero attached hydrogens (tertiary/aromatic N) is 6. The minimum atomic E-state index is -0.635. The van der Waals surface area contributed by atoms with Crippen LogP contribution < -0.4 is 20.9 Å². The van der Waals surface area contributed by atoms with Gasteiger partial charge < -0.3 is 16.0 Å². The number of piperidine rings is 1. The van der Waals surface area contributed by atoms with Crippen molar-refractivity contribution in [1.82, 2.24) is 15.0 Å². The second kappa shape index (κ2) is 10.00. The summed E-state index contributed by atoms with van der Waals surface area (Å²) in [5.74, 6) is 0.803. The van der Waals surface area contributed by atoms with E-state index in [1.54, 1.807) is 18.2 Å². The van der Waals surface area contributed by atoms with E-state index in [0.717, 1.165) is 25.9 Å². The zero-order valence-corrected chi connectivity index (χ0v) is 19.7. The molecule has 0 spiro atoms. The molecule has 2 aliphatic rings. The molecule has 2 amide bonds. The van der Waals surface area contributed by atoms with E-state index in [2.05, 4.69) is 31.2 Å². The van der Waals surface area contributed by atoms with Crippen molar-refractivity contribution < 1.29 is 9.59 Å². The van der Waals surface area contributed by atoms with Crippen LogP contribution in [0.3, 0.4) is 0 Å². The molecule has 0 saturated carbocycles. The summed E-state index contributed by atoms with van der Waals surface area (Å²) in [5.41, 5.74) is 8.71. The van der Waals surface area contributed by atoms with Crippen molar-refractivity contribution in [3.63, 3.8) is 0 Å². The second-order valence-corrected chi connectivity index (χ2v) is 9.00. The lowest BCUT2D eigenvalue weighted by Crippen LogP contribution is -2.42. The van der Waals surface area contributed by atoms with Gasteiger partial charge in [0, 0.05) is 30.9 Å². The molecule has 2 fully saturated rings. The maximum absolute atomic E-state index is 12.4. The quantitative estimate of drug-likeness (QED) is 0.546. The number of anilines is 4. The summed E-state index contributed by atoms with van der Waals surface area (Å²) in [7, 11) is 0. The van der Waals surface area contributed by atoms with Gasteiger partial charge in [-0.05, 0) is 61.1 Å². The molecule has 10 heteroatoms. The van der Waals surface area contributed by atoms with Crippen molar-refractivity contribution >= 4 is 35.1 Å². The first kappa shape index (κ1) is 23.2. The summed E-state index contributed by atoms with van der Waals surface area (Å²) >= 11 is 0. The number of hydrogen-bond acceptors (Lipinski definition) is 8. The number of nitriles is 1. The summed E-state index contributed by atoms with van der Waals surface area (Å²) < 4.78 is 0. The smallest absolute Gasteiger partial charge is 0.240 e. The lowest BCUT2D eigenvalue weighted by molar-refractivity contribution is -0.121. The van der Waals surface area contributed by atoms with Crippen LogP contribution in [0.4, 0.5) is 23.3 Å². The van der Waals surface area contributed by atoms with Crippen LogP contribution in [0.1, 0.15) is 42.7 Å². The Morgan fingerprint density at radius 1 is 1.08 bits per heavy atom. The standard InChI is InChI=1S/C26H26N8O2/c27-15-17-4-6-18(7-5-17)19-10-12-33(13-11-19)26-30-16-29-25(32-26)31-20-2-1-3-21(14-20)34-22(24(28)36)8-9-23(34)35/h1-7,14,16,19,22H,8-13H2,(H2,28,36)(H,29,30,31,32)/t22-/m1/s1. The molecule has 2 aromatic carbocycles. The van der Waals surface area contributed by atoms with E-state index < -0.39 is 11.9 Å². The average Bonchev–Trinajstić information content (AvgIpc) is 3.31.